The number of rotatable bonds is 0. The maximum atomic E-state index is 12.6. The third-order valence-corrected chi connectivity index (χ3v) is 4.29. The lowest BCUT2D eigenvalue weighted by atomic mass is 10.1. The molecule has 0 fully saturated rings. The summed E-state index contributed by atoms with van der Waals surface area (Å²) in [6.07, 6.45) is 0. The van der Waals surface area contributed by atoms with Crippen LogP contribution in [0.25, 0.3) is 0 Å². The van der Waals surface area contributed by atoms with Crippen LogP contribution in [0, 0.1) is 76.4 Å². The predicted octanol–water partition coefficient (Wildman–Crippen LogP) is 7.74. The van der Waals surface area contributed by atoms with Crippen molar-refractivity contribution < 1.29 is 26.3 Å². The summed E-state index contributed by atoms with van der Waals surface area (Å²) in [6.45, 7) is 9.24. The van der Waals surface area contributed by atoms with E-state index in [0.717, 1.165) is 0 Å². The van der Waals surface area contributed by atoms with E-state index in [4.69, 9.17) is 0 Å². The summed E-state index contributed by atoms with van der Waals surface area (Å²) >= 11 is 0. The van der Waals surface area contributed by atoms with E-state index in [2.05, 4.69) is 0 Å². The maximum Gasteiger partial charge on any atom is 0.129 e. The number of hydrogen-bond donors (Lipinski definition) is 0. The highest BCUT2D eigenvalue weighted by atomic mass is 19.2. The SMILES string of the molecule is Cc1cc(F)c(C)c(F)c1.Cc1cc(F)c(C)c(F)c1.Cc1cc(F)c(C)cc1F. The topological polar surface area (TPSA) is 0 Å². The van der Waals surface area contributed by atoms with Gasteiger partial charge in [0.15, 0.2) is 0 Å². The predicted molar refractivity (Wildman–Crippen MR) is 107 cm³/mol. The molecule has 0 bridgehead atoms. The Morgan fingerprint density at radius 2 is 0.600 bits per heavy atom. The fraction of sp³-hybridized carbons (Fsp3) is 0.250. The Kier molecular flexibility index (Phi) is 9.15. The summed E-state index contributed by atoms with van der Waals surface area (Å²) in [6, 6.07) is 7.67. The van der Waals surface area contributed by atoms with E-state index in [-0.39, 0.29) is 22.8 Å². The summed E-state index contributed by atoms with van der Waals surface area (Å²) in [7, 11) is 0. The zero-order chi connectivity index (χ0) is 23.2. The molecule has 0 aliphatic heterocycles. The number of hydrogen-bond acceptors (Lipinski definition) is 0. The van der Waals surface area contributed by atoms with Gasteiger partial charge in [0.2, 0.25) is 0 Å². The summed E-state index contributed by atoms with van der Waals surface area (Å²) in [5.41, 5.74) is 2.10. The van der Waals surface area contributed by atoms with Gasteiger partial charge in [0.1, 0.15) is 34.9 Å². The van der Waals surface area contributed by atoms with Crippen molar-refractivity contribution in [1.29, 1.82) is 0 Å². The first-order valence-corrected chi connectivity index (χ1v) is 9.10. The second kappa shape index (κ2) is 10.9. The van der Waals surface area contributed by atoms with Crippen LogP contribution >= 0.6 is 0 Å². The number of benzene rings is 3. The fourth-order valence-corrected chi connectivity index (χ4v) is 2.29. The molecule has 0 saturated heterocycles. The fourth-order valence-electron chi connectivity index (χ4n) is 2.29. The van der Waals surface area contributed by atoms with Crippen LogP contribution in [0.3, 0.4) is 0 Å². The van der Waals surface area contributed by atoms with Crippen molar-refractivity contribution >= 4 is 0 Å². The van der Waals surface area contributed by atoms with Gasteiger partial charge in [-0.05, 0) is 100 Å². The van der Waals surface area contributed by atoms with Gasteiger partial charge in [-0.2, -0.15) is 0 Å². The molecule has 3 aromatic carbocycles. The van der Waals surface area contributed by atoms with E-state index < -0.39 is 23.3 Å². The van der Waals surface area contributed by atoms with Crippen molar-refractivity contribution in [2.24, 2.45) is 0 Å². The van der Waals surface area contributed by atoms with Gasteiger partial charge in [0.05, 0.1) is 0 Å². The first-order chi connectivity index (χ1) is 13.8. The average molecular weight is 426 g/mol. The third kappa shape index (κ3) is 7.25. The molecule has 6 heteroatoms. The summed E-state index contributed by atoms with van der Waals surface area (Å²) in [5, 5.41) is 0. The van der Waals surface area contributed by atoms with Gasteiger partial charge in [-0.15, -0.1) is 0 Å². The quantitative estimate of drug-likeness (QED) is 0.323. The van der Waals surface area contributed by atoms with Crippen LogP contribution < -0.4 is 0 Å². The molecule has 30 heavy (non-hydrogen) atoms. The van der Waals surface area contributed by atoms with E-state index in [9.17, 15) is 26.3 Å². The molecule has 0 atom stereocenters. The smallest absolute Gasteiger partial charge is 0.129 e. The van der Waals surface area contributed by atoms with E-state index >= 15 is 0 Å². The summed E-state index contributed by atoms with van der Waals surface area (Å²) in [5.74, 6) is -2.59. The Morgan fingerprint density at radius 1 is 0.367 bits per heavy atom. The first-order valence-electron chi connectivity index (χ1n) is 9.10. The molecule has 0 unspecified atom stereocenters. The normalized spacial score (nSPS) is 10.0. The second-order valence-electron chi connectivity index (χ2n) is 7.06. The lowest BCUT2D eigenvalue weighted by Gasteiger charge is -1.98. The molecule has 162 valence electrons. The van der Waals surface area contributed by atoms with Crippen LogP contribution in [-0.2, 0) is 0 Å². The lowest BCUT2D eigenvalue weighted by Crippen LogP contribution is -1.89. The van der Waals surface area contributed by atoms with Gasteiger partial charge in [0.25, 0.3) is 0 Å². The summed E-state index contributed by atoms with van der Waals surface area (Å²) < 4.78 is 75.6. The van der Waals surface area contributed by atoms with Gasteiger partial charge in [-0.1, -0.05) is 0 Å². The van der Waals surface area contributed by atoms with Crippen molar-refractivity contribution in [3.8, 4) is 0 Å². The summed E-state index contributed by atoms with van der Waals surface area (Å²) in [4.78, 5) is 0. The molecule has 0 spiro atoms. The van der Waals surface area contributed by atoms with E-state index in [0.29, 0.717) is 22.3 Å². The van der Waals surface area contributed by atoms with Crippen LogP contribution in [-0.4, -0.2) is 0 Å². The Balaban J connectivity index is 0.000000225. The molecule has 0 saturated carbocycles. The Morgan fingerprint density at radius 3 is 0.833 bits per heavy atom. The second-order valence-corrected chi connectivity index (χ2v) is 7.06. The van der Waals surface area contributed by atoms with E-state index in [1.807, 2.05) is 0 Å². The minimum absolute atomic E-state index is 0.0885. The van der Waals surface area contributed by atoms with Gasteiger partial charge in [-0.25, -0.2) is 26.3 Å². The van der Waals surface area contributed by atoms with E-state index in [1.54, 1.807) is 13.8 Å². The van der Waals surface area contributed by atoms with Crippen LogP contribution in [0.5, 0.6) is 0 Å². The molecule has 0 nitrogen and oxygen atoms in total. The number of aryl methyl sites for hydroxylation is 4. The molecular formula is C24H24F6. The van der Waals surface area contributed by atoms with Crippen LogP contribution in [0.1, 0.15) is 33.4 Å². The van der Waals surface area contributed by atoms with Gasteiger partial charge < -0.3 is 0 Å². The zero-order valence-electron chi connectivity index (χ0n) is 17.7. The molecule has 3 rings (SSSR count). The van der Waals surface area contributed by atoms with Crippen molar-refractivity contribution in [3.63, 3.8) is 0 Å². The van der Waals surface area contributed by atoms with Crippen LogP contribution in [0.4, 0.5) is 26.3 Å². The first kappa shape index (κ1) is 25.3. The van der Waals surface area contributed by atoms with Crippen LogP contribution in [0.15, 0.2) is 36.4 Å². The highest BCUT2D eigenvalue weighted by molar-refractivity contribution is 5.25. The molecule has 0 aromatic heterocycles. The Labute approximate surface area is 173 Å². The Hall–Kier alpha value is -2.76. The standard InChI is InChI=1S/3C8H8F2/c1-5-3-8(10)6(2)4-7(5)9;2*1-5-3-7(9)6(2)8(10)4-5/h3*3-4H,1-2H3. The van der Waals surface area contributed by atoms with Crippen LogP contribution in [0.2, 0.25) is 0 Å². The Bertz CT molecular complexity index is 873. The molecule has 0 aliphatic carbocycles. The minimum atomic E-state index is -0.475. The molecule has 0 heterocycles. The maximum absolute atomic E-state index is 12.6. The van der Waals surface area contributed by atoms with Gasteiger partial charge in [0, 0.05) is 11.1 Å². The molecule has 0 radical (unpaired) electrons. The zero-order valence-corrected chi connectivity index (χ0v) is 17.7. The molecule has 0 aliphatic rings. The highest BCUT2D eigenvalue weighted by Gasteiger charge is 2.04. The van der Waals surface area contributed by atoms with Crippen molar-refractivity contribution in [1.82, 2.24) is 0 Å². The van der Waals surface area contributed by atoms with Gasteiger partial charge in [-0.3, -0.25) is 0 Å². The molecule has 3 aromatic rings. The molecular weight excluding hydrogens is 402 g/mol. The molecule has 0 amide bonds. The van der Waals surface area contributed by atoms with E-state index in [1.165, 1.54) is 64.1 Å². The van der Waals surface area contributed by atoms with Gasteiger partial charge >= 0.3 is 0 Å². The van der Waals surface area contributed by atoms with Crippen molar-refractivity contribution in [2.45, 2.75) is 41.5 Å². The largest absolute Gasteiger partial charge is 0.207 e. The molecule has 0 N–H and O–H groups in total. The van der Waals surface area contributed by atoms with Crippen molar-refractivity contribution in [3.05, 3.63) is 105 Å². The highest BCUT2D eigenvalue weighted by Crippen LogP contribution is 2.14. The van der Waals surface area contributed by atoms with Crippen molar-refractivity contribution in [2.75, 3.05) is 0 Å². The third-order valence-electron chi connectivity index (χ3n) is 4.29. The lowest BCUT2D eigenvalue weighted by molar-refractivity contribution is 0.565. The average Bonchev–Trinajstić information content (AvgIpc) is 2.63. The number of halogens is 6. The minimum Gasteiger partial charge on any atom is -0.207 e. The monoisotopic (exact) mass is 426 g/mol.